The number of anilines is 1. The predicted molar refractivity (Wildman–Crippen MR) is 97.7 cm³/mol. The van der Waals surface area contributed by atoms with Gasteiger partial charge in [0.2, 0.25) is 5.91 Å². The molecule has 0 heterocycles. The highest BCUT2D eigenvalue weighted by Gasteiger charge is 2.05. The number of aryl methyl sites for hydroxylation is 1. The Morgan fingerprint density at radius 3 is 2.67 bits per heavy atom. The van der Waals surface area contributed by atoms with Crippen molar-refractivity contribution in [2.75, 3.05) is 5.32 Å². The van der Waals surface area contributed by atoms with Gasteiger partial charge in [0.25, 0.3) is 5.69 Å². The molecular formula is C17H15N3O3S. The first-order chi connectivity index (χ1) is 11.4. The van der Waals surface area contributed by atoms with Crippen LogP contribution in [0.5, 0.6) is 0 Å². The van der Waals surface area contributed by atoms with E-state index in [1.54, 1.807) is 12.1 Å². The summed E-state index contributed by atoms with van der Waals surface area (Å²) in [4.78, 5) is 22.1. The van der Waals surface area contributed by atoms with Crippen LogP contribution in [0.4, 0.5) is 11.4 Å². The van der Waals surface area contributed by atoms with E-state index in [0.29, 0.717) is 5.56 Å². The van der Waals surface area contributed by atoms with Crippen LogP contribution in [-0.4, -0.2) is 15.9 Å². The monoisotopic (exact) mass is 341 g/mol. The number of nitro benzene ring substituents is 1. The van der Waals surface area contributed by atoms with Gasteiger partial charge in [0, 0.05) is 23.9 Å². The van der Waals surface area contributed by atoms with E-state index >= 15 is 0 Å². The number of nitrogens with one attached hydrogen (secondary N) is 2. The van der Waals surface area contributed by atoms with Gasteiger partial charge in [-0.1, -0.05) is 24.3 Å². The van der Waals surface area contributed by atoms with Crippen LogP contribution in [0.2, 0.25) is 0 Å². The molecule has 0 saturated heterocycles. The van der Waals surface area contributed by atoms with Crippen molar-refractivity contribution in [3.05, 3.63) is 75.8 Å². The molecule has 0 saturated carbocycles. The molecule has 24 heavy (non-hydrogen) atoms. The van der Waals surface area contributed by atoms with Gasteiger partial charge < -0.3 is 5.32 Å². The van der Waals surface area contributed by atoms with Crippen molar-refractivity contribution in [3.8, 4) is 0 Å². The lowest BCUT2D eigenvalue weighted by Crippen LogP contribution is -2.32. The Hall–Kier alpha value is -3.06. The molecule has 0 bridgehead atoms. The lowest BCUT2D eigenvalue weighted by atomic mass is 10.2. The Kier molecular flexibility index (Phi) is 5.75. The molecule has 0 aliphatic rings. The first-order valence-corrected chi connectivity index (χ1v) is 7.46. The second-order valence-electron chi connectivity index (χ2n) is 5.00. The van der Waals surface area contributed by atoms with Crippen molar-refractivity contribution in [1.29, 1.82) is 0 Å². The number of hydrogen-bond acceptors (Lipinski definition) is 4. The van der Waals surface area contributed by atoms with Gasteiger partial charge in [0.05, 0.1) is 4.92 Å². The van der Waals surface area contributed by atoms with Crippen LogP contribution in [0.3, 0.4) is 0 Å². The fourth-order valence-corrected chi connectivity index (χ4v) is 2.17. The number of benzene rings is 2. The summed E-state index contributed by atoms with van der Waals surface area (Å²) in [5.74, 6) is -0.424. The molecule has 7 heteroatoms. The minimum absolute atomic E-state index is 0.0332. The van der Waals surface area contributed by atoms with Gasteiger partial charge in [-0.2, -0.15) is 0 Å². The molecule has 0 aromatic heterocycles. The largest absolute Gasteiger partial charge is 0.332 e. The number of rotatable bonds is 4. The molecule has 0 fully saturated rings. The van der Waals surface area contributed by atoms with Crippen LogP contribution in [0.15, 0.2) is 54.6 Å². The zero-order chi connectivity index (χ0) is 17.5. The molecule has 0 aliphatic carbocycles. The molecule has 0 spiro atoms. The van der Waals surface area contributed by atoms with E-state index in [4.69, 9.17) is 12.2 Å². The smallest absolute Gasteiger partial charge is 0.270 e. The van der Waals surface area contributed by atoms with Crippen LogP contribution in [0.25, 0.3) is 6.08 Å². The zero-order valence-corrected chi connectivity index (χ0v) is 13.7. The highest BCUT2D eigenvalue weighted by atomic mass is 32.1. The van der Waals surface area contributed by atoms with E-state index in [1.807, 2.05) is 31.2 Å². The average Bonchev–Trinajstić information content (AvgIpc) is 2.53. The molecule has 0 radical (unpaired) electrons. The van der Waals surface area contributed by atoms with E-state index in [-0.39, 0.29) is 10.8 Å². The number of nitrogens with zero attached hydrogens (tertiary/aromatic N) is 1. The second-order valence-corrected chi connectivity index (χ2v) is 5.41. The third kappa shape index (κ3) is 5.29. The maximum Gasteiger partial charge on any atom is 0.270 e. The number of carbonyl (C=O) groups excluding carboxylic acids is 1. The SMILES string of the molecule is Cc1cccc(NC(=S)NC(=O)C=Cc2cccc([N+](=O)[O-])c2)c1. The summed E-state index contributed by atoms with van der Waals surface area (Å²) in [5.41, 5.74) is 2.37. The second kappa shape index (κ2) is 7.98. The van der Waals surface area contributed by atoms with Gasteiger partial charge >= 0.3 is 0 Å². The van der Waals surface area contributed by atoms with E-state index in [2.05, 4.69) is 10.6 Å². The van der Waals surface area contributed by atoms with Crippen molar-refractivity contribution >= 4 is 40.7 Å². The molecule has 6 nitrogen and oxygen atoms in total. The third-order valence-corrected chi connectivity index (χ3v) is 3.22. The van der Waals surface area contributed by atoms with Crippen LogP contribution >= 0.6 is 12.2 Å². The van der Waals surface area contributed by atoms with Gasteiger partial charge in [-0.15, -0.1) is 0 Å². The summed E-state index contributed by atoms with van der Waals surface area (Å²) in [7, 11) is 0. The quantitative estimate of drug-likeness (QED) is 0.385. The summed E-state index contributed by atoms with van der Waals surface area (Å²) in [6.07, 6.45) is 2.75. The average molecular weight is 341 g/mol. The molecule has 2 aromatic rings. The Labute approximate surface area is 144 Å². The Balaban J connectivity index is 1.93. The Morgan fingerprint density at radius 1 is 1.21 bits per heavy atom. The van der Waals surface area contributed by atoms with Gasteiger partial charge in [0.15, 0.2) is 5.11 Å². The maximum atomic E-state index is 11.8. The first kappa shape index (κ1) is 17.3. The molecule has 122 valence electrons. The molecule has 0 unspecified atom stereocenters. The molecule has 0 aliphatic heterocycles. The predicted octanol–water partition coefficient (Wildman–Crippen LogP) is 3.43. The van der Waals surface area contributed by atoms with Crippen molar-refractivity contribution in [3.63, 3.8) is 0 Å². The van der Waals surface area contributed by atoms with Gasteiger partial charge in [-0.3, -0.25) is 20.2 Å². The van der Waals surface area contributed by atoms with Crippen molar-refractivity contribution in [1.82, 2.24) is 5.32 Å². The topological polar surface area (TPSA) is 84.3 Å². The first-order valence-electron chi connectivity index (χ1n) is 7.05. The van der Waals surface area contributed by atoms with Crippen LogP contribution in [-0.2, 0) is 4.79 Å². The fourth-order valence-electron chi connectivity index (χ4n) is 1.95. The van der Waals surface area contributed by atoms with Crippen LogP contribution in [0, 0.1) is 17.0 Å². The van der Waals surface area contributed by atoms with E-state index in [9.17, 15) is 14.9 Å². The van der Waals surface area contributed by atoms with E-state index in [1.165, 1.54) is 24.3 Å². The zero-order valence-electron chi connectivity index (χ0n) is 12.9. The van der Waals surface area contributed by atoms with Gasteiger partial charge in [-0.05, 0) is 48.5 Å². The van der Waals surface area contributed by atoms with Gasteiger partial charge in [0.1, 0.15) is 0 Å². The number of thiocarbonyl (C=S) groups is 1. The maximum absolute atomic E-state index is 11.8. The Bertz CT molecular complexity index is 818. The van der Waals surface area contributed by atoms with Crippen LogP contribution in [0.1, 0.15) is 11.1 Å². The summed E-state index contributed by atoms with van der Waals surface area (Å²) >= 11 is 5.08. The fraction of sp³-hybridized carbons (Fsp3) is 0.0588. The van der Waals surface area contributed by atoms with Crippen molar-refractivity contribution in [2.24, 2.45) is 0 Å². The molecule has 2 N–H and O–H groups in total. The molecule has 0 atom stereocenters. The third-order valence-electron chi connectivity index (χ3n) is 3.02. The lowest BCUT2D eigenvalue weighted by molar-refractivity contribution is -0.384. The number of nitro groups is 1. The summed E-state index contributed by atoms with van der Waals surface area (Å²) in [6.45, 7) is 1.95. The number of non-ortho nitro benzene ring substituents is 1. The Morgan fingerprint density at radius 2 is 1.96 bits per heavy atom. The normalized spacial score (nSPS) is 10.4. The highest BCUT2D eigenvalue weighted by Crippen LogP contribution is 2.14. The number of amides is 1. The number of carbonyl (C=O) groups is 1. The summed E-state index contributed by atoms with van der Waals surface area (Å²) in [6, 6.07) is 13.6. The van der Waals surface area contributed by atoms with E-state index < -0.39 is 10.8 Å². The van der Waals surface area contributed by atoms with Crippen molar-refractivity contribution in [2.45, 2.75) is 6.92 Å². The minimum Gasteiger partial charge on any atom is -0.332 e. The molecule has 2 rings (SSSR count). The summed E-state index contributed by atoms with van der Waals surface area (Å²) in [5, 5.41) is 16.3. The molecule has 1 amide bonds. The van der Waals surface area contributed by atoms with Crippen molar-refractivity contribution < 1.29 is 9.72 Å². The van der Waals surface area contributed by atoms with Gasteiger partial charge in [-0.25, -0.2) is 0 Å². The van der Waals surface area contributed by atoms with E-state index in [0.717, 1.165) is 11.3 Å². The standard InChI is InChI=1S/C17H15N3O3S/c1-12-4-2-6-14(10-12)18-17(24)19-16(21)9-8-13-5-3-7-15(11-13)20(22)23/h2-11H,1H3,(H2,18,19,21,24). The lowest BCUT2D eigenvalue weighted by Gasteiger charge is -2.08. The minimum atomic E-state index is -0.488. The highest BCUT2D eigenvalue weighted by molar-refractivity contribution is 7.80. The summed E-state index contributed by atoms with van der Waals surface area (Å²) < 4.78 is 0. The molecule has 2 aromatic carbocycles. The van der Waals surface area contributed by atoms with Crippen LogP contribution < -0.4 is 10.6 Å². The number of hydrogen-bond donors (Lipinski definition) is 2. The molecular weight excluding hydrogens is 326 g/mol.